The van der Waals surface area contributed by atoms with Crippen molar-refractivity contribution in [2.75, 3.05) is 50.6 Å². The lowest BCUT2D eigenvalue weighted by atomic mass is 10.00. The van der Waals surface area contributed by atoms with E-state index in [1.54, 1.807) is 18.4 Å². The highest BCUT2D eigenvalue weighted by Crippen LogP contribution is 2.37. The largest absolute Gasteiger partial charge is 0.369 e. The summed E-state index contributed by atoms with van der Waals surface area (Å²) in [4.78, 5) is 16.3. The number of nitrogen functional groups attached to an aromatic ring is 1. The Balaban J connectivity index is 1.69. The van der Waals surface area contributed by atoms with Crippen LogP contribution in [0.15, 0.2) is 53.5 Å². The molecule has 4 aromatic rings. The van der Waals surface area contributed by atoms with Crippen LogP contribution in [0.3, 0.4) is 0 Å². The Labute approximate surface area is 198 Å². The van der Waals surface area contributed by atoms with Gasteiger partial charge in [0.05, 0.1) is 0 Å². The zero-order valence-electron chi connectivity index (χ0n) is 19.4. The van der Waals surface area contributed by atoms with E-state index in [1.165, 1.54) is 26.1 Å². The maximum atomic E-state index is 5.98. The molecule has 0 radical (unpaired) electrons. The molecule has 4 N–H and O–H groups in total. The molecule has 0 aliphatic rings. The van der Waals surface area contributed by atoms with Crippen LogP contribution in [0.1, 0.15) is 11.1 Å². The van der Waals surface area contributed by atoms with Gasteiger partial charge >= 0.3 is 0 Å². The minimum absolute atomic E-state index is 0.222. The van der Waals surface area contributed by atoms with Gasteiger partial charge in [0.2, 0.25) is 5.95 Å². The summed E-state index contributed by atoms with van der Waals surface area (Å²) in [6.07, 6.45) is 1.89. The quantitative estimate of drug-likeness (QED) is 0.321. The summed E-state index contributed by atoms with van der Waals surface area (Å²) >= 11 is 1.79. The first kappa shape index (κ1) is 22.7. The normalized spacial score (nSPS) is 11.5. The van der Waals surface area contributed by atoms with Crippen LogP contribution in [0.2, 0.25) is 0 Å². The highest BCUT2D eigenvalue weighted by Gasteiger charge is 2.12. The van der Waals surface area contributed by atoms with Crippen molar-refractivity contribution in [1.82, 2.24) is 14.9 Å². The number of likely N-dealkylation sites (N-methyl/N-ethyl adjacent to an activating group) is 1. The second-order valence-electron chi connectivity index (χ2n) is 8.13. The molecule has 2 heterocycles. The van der Waals surface area contributed by atoms with Gasteiger partial charge in [-0.05, 0) is 67.4 Å². The maximum Gasteiger partial charge on any atom is 0.223 e. The predicted molar refractivity (Wildman–Crippen MR) is 142 cm³/mol. The van der Waals surface area contributed by atoms with Crippen molar-refractivity contribution >= 4 is 50.9 Å². The van der Waals surface area contributed by atoms with E-state index in [0.29, 0.717) is 11.6 Å². The molecule has 0 fully saturated rings. The predicted octanol–water partition coefficient (Wildman–Crippen LogP) is 5.01. The lowest BCUT2D eigenvalue weighted by Crippen LogP contribution is -2.21. The minimum atomic E-state index is 0.222. The summed E-state index contributed by atoms with van der Waals surface area (Å²) in [5, 5.41) is 7.97. The first-order valence-corrected chi connectivity index (χ1v) is 11.6. The number of benzene rings is 2. The number of anilines is 4. The summed E-state index contributed by atoms with van der Waals surface area (Å²) < 4.78 is 1.27. The second kappa shape index (κ2) is 9.97. The van der Waals surface area contributed by atoms with Crippen molar-refractivity contribution in [3.63, 3.8) is 0 Å². The number of fused-ring (bicyclic) bond motifs is 1. The second-order valence-corrected chi connectivity index (χ2v) is 9.21. The van der Waals surface area contributed by atoms with Crippen molar-refractivity contribution in [2.45, 2.75) is 6.92 Å². The van der Waals surface area contributed by atoms with E-state index >= 15 is 0 Å². The number of hydrogen-bond donors (Lipinski definition) is 3. The van der Waals surface area contributed by atoms with Gasteiger partial charge in [-0.25, -0.2) is 0 Å². The fourth-order valence-corrected chi connectivity index (χ4v) is 4.76. The lowest BCUT2D eigenvalue weighted by Gasteiger charge is -2.14. The van der Waals surface area contributed by atoms with E-state index in [4.69, 9.17) is 5.73 Å². The summed E-state index contributed by atoms with van der Waals surface area (Å²) in [7, 11) is 5.85. The number of nitrogens with one attached hydrogen (secondary N) is 2. The molecule has 0 amide bonds. The highest BCUT2D eigenvalue weighted by atomic mass is 32.1. The molecule has 170 valence electrons. The van der Waals surface area contributed by atoms with Crippen molar-refractivity contribution in [2.24, 2.45) is 4.99 Å². The first-order valence-electron chi connectivity index (χ1n) is 10.8. The average Bonchev–Trinajstić information content (AvgIpc) is 3.19. The van der Waals surface area contributed by atoms with Crippen LogP contribution in [-0.4, -0.2) is 55.3 Å². The first-order chi connectivity index (χ1) is 15.9. The molecular weight excluding hydrogens is 430 g/mol. The van der Waals surface area contributed by atoms with Crippen LogP contribution in [0.5, 0.6) is 0 Å². The van der Waals surface area contributed by atoms with Gasteiger partial charge in [-0.2, -0.15) is 9.97 Å². The topological polar surface area (TPSA) is 91.5 Å². The van der Waals surface area contributed by atoms with Crippen molar-refractivity contribution in [3.8, 4) is 10.4 Å². The zero-order valence-corrected chi connectivity index (χ0v) is 20.2. The SMILES string of the molecule is CN=Cc1cc(Nc2cc(NCCN(C)C)nc(N)n2)cc(-c2cc3ccccc3s2)c1C. The van der Waals surface area contributed by atoms with Crippen LogP contribution in [-0.2, 0) is 0 Å². The van der Waals surface area contributed by atoms with E-state index in [2.05, 4.69) is 79.9 Å². The Bertz CT molecular complexity index is 1260. The number of hydrogen-bond acceptors (Lipinski definition) is 8. The van der Waals surface area contributed by atoms with E-state index in [1.807, 2.05) is 26.4 Å². The smallest absolute Gasteiger partial charge is 0.223 e. The summed E-state index contributed by atoms with van der Waals surface area (Å²) in [5.74, 6) is 1.55. The molecule has 0 spiro atoms. The van der Waals surface area contributed by atoms with Crippen molar-refractivity contribution in [1.29, 1.82) is 0 Å². The van der Waals surface area contributed by atoms with Crippen LogP contribution < -0.4 is 16.4 Å². The van der Waals surface area contributed by atoms with E-state index in [0.717, 1.165) is 24.3 Å². The Morgan fingerprint density at radius 2 is 1.88 bits per heavy atom. The zero-order chi connectivity index (χ0) is 23.4. The van der Waals surface area contributed by atoms with Gasteiger partial charge in [0, 0.05) is 47.7 Å². The Morgan fingerprint density at radius 1 is 1.09 bits per heavy atom. The number of aliphatic imine (C=N–C) groups is 1. The number of thiophene rings is 1. The molecule has 33 heavy (non-hydrogen) atoms. The third kappa shape index (κ3) is 5.47. The van der Waals surface area contributed by atoms with Gasteiger partial charge in [-0.1, -0.05) is 18.2 Å². The van der Waals surface area contributed by atoms with Gasteiger partial charge < -0.3 is 21.3 Å². The molecule has 0 atom stereocenters. The van der Waals surface area contributed by atoms with Gasteiger partial charge in [0.1, 0.15) is 11.6 Å². The van der Waals surface area contributed by atoms with Crippen molar-refractivity contribution in [3.05, 3.63) is 59.7 Å². The van der Waals surface area contributed by atoms with Crippen LogP contribution >= 0.6 is 11.3 Å². The van der Waals surface area contributed by atoms with Gasteiger partial charge in [0.25, 0.3) is 0 Å². The molecule has 0 saturated carbocycles. The summed E-state index contributed by atoms with van der Waals surface area (Å²) in [6, 6.07) is 16.8. The third-order valence-corrected chi connectivity index (χ3v) is 6.44. The van der Waals surface area contributed by atoms with Crippen LogP contribution in [0.4, 0.5) is 23.3 Å². The van der Waals surface area contributed by atoms with Crippen molar-refractivity contribution < 1.29 is 0 Å². The Hall–Kier alpha value is -3.49. The van der Waals surface area contributed by atoms with E-state index in [-0.39, 0.29) is 5.95 Å². The molecule has 0 aliphatic carbocycles. The highest BCUT2D eigenvalue weighted by molar-refractivity contribution is 7.22. The number of aromatic nitrogens is 2. The third-order valence-electron chi connectivity index (χ3n) is 5.29. The fraction of sp³-hybridized carbons (Fsp3) is 0.240. The maximum absolute atomic E-state index is 5.98. The van der Waals surface area contributed by atoms with Crippen LogP contribution in [0, 0.1) is 6.92 Å². The number of nitrogens with zero attached hydrogens (tertiary/aromatic N) is 4. The minimum Gasteiger partial charge on any atom is -0.369 e. The molecule has 0 bridgehead atoms. The average molecular weight is 460 g/mol. The van der Waals surface area contributed by atoms with E-state index in [9.17, 15) is 0 Å². The Kier molecular flexibility index (Phi) is 6.86. The lowest BCUT2D eigenvalue weighted by molar-refractivity contribution is 0.425. The molecule has 0 saturated heterocycles. The molecule has 2 aromatic heterocycles. The molecule has 4 rings (SSSR count). The summed E-state index contributed by atoms with van der Waals surface area (Å²) in [5.41, 5.74) is 10.3. The molecule has 0 aliphatic heterocycles. The number of nitrogens with two attached hydrogens (primary N) is 1. The number of rotatable bonds is 8. The Morgan fingerprint density at radius 3 is 2.64 bits per heavy atom. The molecule has 2 aromatic carbocycles. The molecule has 7 nitrogen and oxygen atoms in total. The molecule has 0 unspecified atom stereocenters. The van der Waals surface area contributed by atoms with Gasteiger partial charge in [0.15, 0.2) is 0 Å². The van der Waals surface area contributed by atoms with Gasteiger partial charge in [-0.15, -0.1) is 11.3 Å². The monoisotopic (exact) mass is 459 g/mol. The molecule has 8 heteroatoms. The standard InChI is InChI=1S/C25H29N7S/c1-16-18(15-27-2)11-19(13-20(16)22-12-17-7-5-6-8-21(17)33-22)29-24-14-23(30-25(26)31-24)28-9-10-32(3)4/h5-8,11-15H,9-10H2,1-4H3,(H4,26,28,29,30,31). The van der Waals surface area contributed by atoms with Crippen LogP contribution in [0.25, 0.3) is 20.5 Å². The summed E-state index contributed by atoms with van der Waals surface area (Å²) in [6.45, 7) is 3.79. The van der Waals surface area contributed by atoms with Gasteiger partial charge in [-0.3, -0.25) is 4.99 Å². The van der Waals surface area contributed by atoms with E-state index < -0.39 is 0 Å². The molecular formula is C25H29N7S. The fourth-order valence-electron chi connectivity index (χ4n) is 3.63.